The topological polar surface area (TPSA) is 0 Å². The van der Waals surface area contributed by atoms with E-state index in [0.717, 1.165) is 0 Å². The van der Waals surface area contributed by atoms with E-state index >= 15 is 0 Å². The van der Waals surface area contributed by atoms with E-state index in [1.165, 1.54) is 0 Å². The van der Waals surface area contributed by atoms with E-state index in [2.05, 4.69) is 0 Å². The molecule has 3 heteroatoms. The molecule has 0 spiro atoms. The van der Waals surface area contributed by atoms with Gasteiger partial charge in [-0.1, -0.05) is 7.43 Å². The van der Waals surface area contributed by atoms with Gasteiger partial charge in [0.15, 0.2) is 0 Å². The second kappa shape index (κ2) is 21.2. The molecule has 4 heavy (non-hydrogen) atoms. The molecule has 0 nitrogen and oxygen atoms in total. The average molecular weight is 124 g/mol. The molecular weight excluding hydrogens is 112 g/mol. The zero-order chi connectivity index (χ0) is 0. The third-order valence-corrected chi connectivity index (χ3v) is 0. The SMILES string of the molecule is C.S.[CaH2].[SiH4]. The first-order chi connectivity index (χ1) is 0. The summed E-state index contributed by atoms with van der Waals surface area (Å²) in [5, 5.41) is 0. The number of hydrogen-bond donors (Lipinski definition) is 0. The predicted octanol–water partition coefficient (Wildman–Crippen LogP) is -1.62. The summed E-state index contributed by atoms with van der Waals surface area (Å²) < 4.78 is 0. The molecule has 0 aliphatic carbocycles. The maximum atomic E-state index is 0. The van der Waals surface area contributed by atoms with Crippen molar-refractivity contribution in [3.05, 3.63) is 0 Å². The van der Waals surface area contributed by atoms with Crippen LogP contribution in [0.5, 0.6) is 0 Å². The van der Waals surface area contributed by atoms with Crippen molar-refractivity contribution >= 4 is 62.2 Å². The summed E-state index contributed by atoms with van der Waals surface area (Å²) in [5.41, 5.74) is 0. The minimum absolute atomic E-state index is 0. The Morgan fingerprint density at radius 3 is 1.00 bits per heavy atom. The molecule has 0 aromatic carbocycles. The monoisotopic (exact) mass is 124 g/mol. The van der Waals surface area contributed by atoms with Crippen LogP contribution in [0.15, 0.2) is 0 Å². The van der Waals surface area contributed by atoms with E-state index in [1.807, 2.05) is 0 Å². The first-order valence-corrected chi connectivity index (χ1v) is 0. The molecule has 0 bridgehead atoms. The van der Waals surface area contributed by atoms with Crippen molar-refractivity contribution in [3.63, 3.8) is 0 Å². The summed E-state index contributed by atoms with van der Waals surface area (Å²) in [5.74, 6) is 0. The molecule has 0 saturated carbocycles. The van der Waals surface area contributed by atoms with Crippen LogP contribution in [0.1, 0.15) is 7.43 Å². The molecule has 0 amide bonds. The fourth-order valence-corrected chi connectivity index (χ4v) is 0. The summed E-state index contributed by atoms with van der Waals surface area (Å²) in [6.07, 6.45) is 0. The van der Waals surface area contributed by atoms with E-state index in [4.69, 9.17) is 0 Å². The fraction of sp³-hybridized carbons (Fsp3) is 1.00. The van der Waals surface area contributed by atoms with Crippen molar-refractivity contribution in [2.45, 2.75) is 7.43 Å². The first-order valence-electron chi connectivity index (χ1n) is 0. The van der Waals surface area contributed by atoms with E-state index in [1.54, 1.807) is 0 Å². The summed E-state index contributed by atoms with van der Waals surface area (Å²) in [7, 11) is 0. The van der Waals surface area contributed by atoms with Crippen molar-refractivity contribution < 1.29 is 0 Å². The van der Waals surface area contributed by atoms with Gasteiger partial charge in [0.25, 0.3) is 0 Å². The number of hydrogen-bond acceptors (Lipinski definition) is 0. The van der Waals surface area contributed by atoms with Crippen LogP contribution >= 0.6 is 13.5 Å². The average Bonchev–Trinajstić information content (AvgIpc) is 0. The normalized spacial score (nSPS) is 0. The number of rotatable bonds is 0. The summed E-state index contributed by atoms with van der Waals surface area (Å²) in [4.78, 5) is 0. The van der Waals surface area contributed by atoms with Crippen molar-refractivity contribution in [2.75, 3.05) is 0 Å². The molecule has 0 heterocycles. The van der Waals surface area contributed by atoms with Gasteiger partial charge in [0.2, 0.25) is 0 Å². The second-order valence-corrected chi connectivity index (χ2v) is 0. The van der Waals surface area contributed by atoms with Gasteiger partial charge in [-0.25, -0.2) is 0 Å². The van der Waals surface area contributed by atoms with Crippen molar-refractivity contribution in [3.8, 4) is 0 Å². The Morgan fingerprint density at radius 1 is 1.00 bits per heavy atom. The van der Waals surface area contributed by atoms with Gasteiger partial charge in [0.1, 0.15) is 0 Å². The van der Waals surface area contributed by atoms with Crippen LogP contribution in [0.3, 0.4) is 0 Å². The fourth-order valence-electron chi connectivity index (χ4n) is 0. The van der Waals surface area contributed by atoms with Gasteiger partial charge < -0.3 is 0 Å². The summed E-state index contributed by atoms with van der Waals surface area (Å²) in [6.45, 7) is 0. The van der Waals surface area contributed by atoms with Gasteiger partial charge >= 0.3 is 37.7 Å². The Labute approximate surface area is 68.8 Å². The van der Waals surface area contributed by atoms with Gasteiger partial charge in [0.05, 0.1) is 0 Å². The third-order valence-electron chi connectivity index (χ3n) is 0. The molecule has 0 aromatic heterocycles. The van der Waals surface area contributed by atoms with Gasteiger partial charge in [-0.15, -0.1) is 0 Å². The second-order valence-electron chi connectivity index (χ2n) is 0. The maximum absolute atomic E-state index is 0. The van der Waals surface area contributed by atoms with Crippen LogP contribution in [0.4, 0.5) is 0 Å². The van der Waals surface area contributed by atoms with Gasteiger partial charge in [-0.3, -0.25) is 0 Å². The summed E-state index contributed by atoms with van der Waals surface area (Å²) >= 11 is 0. The van der Waals surface area contributed by atoms with E-state index in [0.29, 0.717) is 0 Å². The molecule has 0 aromatic rings. The minimum Gasteiger partial charge on any atom is -0.0149 e. The van der Waals surface area contributed by atoms with Crippen LogP contribution in [-0.4, -0.2) is 48.7 Å². The standard InChI is InChI=1S/CH4.Ca.H2S.H4Si.2H/h1H4;;1H2;1H4;;. The molecular formula is CH12CaSSi. The van der Waals surface area contributed by atoms with Crippen LogP contribution in [-0.2, 0) is 0 Å². The molecule has 0 aliphatic rings. The Bertz CT molecular complexity index is 8.00. The quantitative estimate of drug-likeness (QED) is 0.341. The molecule has 0 atom stereocenters. The largest absolute Gasteiger partial charge is 0.0149 e. The Kier molecular flexibility index (Phi) is 215. The van der Waals surface area contributed by atoms with Crippen molar-refractivity contribution in [2.24, 2.45) is 0 Å². The van der Waals surface area contributed by atoms with Gasteiger partial charge in [-0.05, 0) is 11.0 Å². The first kappa shape index (κ1) is 40.7. The molecule has 28 valence electrons. The van der Waals surface area contributed by atoms with E-state index in [-0.39, 0.29) is 69.6 Å². The molecule has 0 saturated heterocycles. The molecule has 0 N–H and O–H groups in total. The molecule has 0 aliphatic heterocycles. The third kappa shape index (κ3) is 9.16. The molecule has 0 unspecified atom stereocenters. The zero-order valence-corrected chi connectivity index (χ0v) is 1.50. The molecule has 0 radical (unpaired) electrons. The van der Waals surface area contributed by atoms with Gasteiger partial charge in [-0.2, -0.15) is 13.5 Å². The van der Waals surface area contributed by atoms with Gasteiger partial charge in [0, 0.05) is 0 Å². The molecule has 0 rings (SSSR count). The van der Waals surface area contributed by atoms with Crippen LogP contribution < -0.4 is 0 Å². The van der Waals surface area contributed by atoms with E-state index in [9.17, 15) is 0 Å². The van der Waals surface area contributed by atoms with Crippen LogP contribution in [0.2, 0.25) is 0 Å². The minimum atomic E-state index is 0. The smallest absolute Gasteiger partial charge is 0.0149 e. The van der Waals surface area contributed by atoms with Crippen LogP contribution in [0.25, 0.3) is 0 Å². The summed E-state index contributed by atoms with van der Waals surface area (Å²) in [6, 6.07) is 0. The van der Waals surface area contributed by atoms with Crippen molar-refractivity contribution in [1.29, 1.82) is 0 Å². The predicted molar refractivity (Wildman–Crippen MR) is 37.0 cm³/mol. The Hall–Kier alpha value is 1.83. The van der Waals surface area contributed by atoms with Crippen molar-refractivity contribution in [1.82, 2.24) is 0 Å². The maximum Gasteiger partial charge on any atom is -0.0149 e. The Morgan fingerprint density at radius 2 is 1.00 bits per heavy atom. The van der Waals surface area contributed by atoms with E-state index < -0.39 is 0 Å². The van der Waals surface area contributed by atoms with Crippen LogP contribution in [0, 0.1) is 0 Å². The molecule has 0 fully saturated rings. The Balaban J connectivity index is 0. The zero-order valence-electron chi connectivity index (χ0n) is 0.500.